The minimum atomic E-state index is -0.969. The van der Waals surface area contributed by atoms with Crippen LogP contribution in [0, 0.1) is 0 Å². The van der Waals surface area contributed by atoms with Gasteiger partial charge in [-0.3, -0.25) is 4.99 Å². The van der Waals surface area contributed by atoms with Gasteiger partial charge in [-0.15, -0.1) is 0 Å². The molecule has 2 aromatic rings. The predicted octanol–water partition coefficient (Wildman–Crippen LogP) is 3.60. The summed E-state index contributed by atoms with van der Waals surface area (Å²) < 4.78 is 5.69. The first-order chi connectivity index (χ1) is 15.6. The first kappa shape index (κ1) is 20.6. The third-order valence-electron chi connectivity index (χ3n) is 6.30. The molecule has 0 bridgehead atoms. The molecule has 3 aliphatic rings. The highest BCUT2D eigenvalue weighted by molar-refractivity contribution is 6.03. The van der Waals surface area contributed by atoms with Gasteiger partial charge in [-0.25, -0.2) is 0 Å². The highest BCUT2D eigenvalue weighted by Crippen LogP contribution is 2.40. The Morgan fingerprint density at radius 3 is 2.81 bits per heavy atom. The van der Waals surface area contributed by atoms with Crippen LogP contribution in [0.5, 0.6) is 5.75 Å². The summed E-state index contributed by atoms with van der Waals surface area (Å²) in [7, 11) is 1.69. The Labute approximate surface area is 188 Å². The van der Waals surface area contributed by atoms with Gasteiger partial charge in [0, 0.05) is 18.7 Å². The van der Waals surface area contributed by atoms with E-state index in [-0.39, 0.29) is 12.6 Å². The Morgan fingerprint density at radius 1 is 1.25 bits per heavy atom. The van der Waals surface area contributed by atoms with Gasteiger partial charge < -0.3 is 24.5 Å². The van der Waals surface area contributed by atoms with E-state index in [2.05, 4.69) is 45.1 Å². The average Bonchev–Trinajstić information content (AvgIpc) is 3.44. The second-order valence-corrected chi connectivity index (χ2v) is 8.44. The fourth-order valence-electron chi connectivity index (χ4n) is 4.65. The van der Waals surface area contributed by atoms with Gasteiger partial charge in [0.25, 0.3) is 5.72 Å². The highest BCUT2D eigenvalue weighted by atomic mass is 16.7. The summed E-state index contributed by atoms with van der Waals surface area (Å²) in [6.45, 7) is 3.56. The summed E-state index contributed by atoms with van der Waals surface area (Å²) in [6, 6.07) is 16.3. The maximum Gasteiger partial charge on any atom is 0.260 e. The van der Waals surface area contributed by atoms with Crippen LogP contribution in [0.2, 0.25) is 0 Å². The molecule has 2 atom stereocenters. The van der Waals surface area contributed by atoms with Crippen LogP contribution in [0.4, 0.5) is 5.69 Å². The van der Waals surface area contributed by atoms with Crippen LogP contribution < -0.4 is 9.64 Å². The second-order valence-electron chi connectivity index (χ2n) is 8.44. The number of hydrogen-bond acceptors (Lipinski definition) is 7. The molecule has 5 rings (SSSR count). The topological polar surface area (TPSA) is 69.9 Å². The van der Waals surface area contributed by atoms with Crippen LogP contribution in [-0.2, 0) is 10.6 Å². The number of nitrogens with zero attached hydrogens (tertiary/aromatic N) is 4. The number of ether oxygens (including phenoxy) is 1. The van der Waals surface area contributed by atoms with Crippen molar-refractivity contribution >= 4 is 23.9 Å². The number of anilines is 1. The summed E-state index contributed by atoms with van der Waals surface area (Å²) in [5.41, 5.74) is 3.07. The second kappa shape index (κ2) is 8.31. The van der Waals surface area contributed by atoms with Crippen LogP contribution in [0.25, 0.3) is 6.08 Å². The number of piperidine rings is 1. The maximum absolute atomic E-state index is 10.3. The lowest BCUT2D eigenvalue weighted by Gasteiger charge is -2.38. The van der Waals surface area contributed by atoms with Gasteiger partial charge in [0.15, 0.2) is 5.84 Å². The van der Waals surface area contributed by atoms with Crippen LogP contribution in [-0.4, -0.2) is 55.0 Å². The van der Waals surface area contributed by atoms with Crippen LogP contribution in [0.1, 0.15) is 30.9 Å². The molecular weight excluding hydrogens is 404 g/mol. The Balaban J connectivity index is 1.45. The number of oxime groups is 1. The fraction of sp³-hybridized carbons (Fsp3) is 0.360. The molecule has 0 aliphatic carbocycles. The Bertz CT molecular complexity index is 1080. The molecule has 0 saturated carbocycles. The fourth-order valence-corrected chi connectivity index (χ4v) is 4.65. The van der Waals surface area contributed by atoms with Gasteiger partial charge in [-0.05, 0) is 49.1 Å². The van der Waals surface area contributed by atoms with Crippen molar-refractivity contribution in [3.8, 4) is 5.75 Å². The van der Waals surface area contributed by atoms with Crippen LogP contribution >= 0.6 is 0 Å². The molecule has 0 spiro atoms. The number of rotatable bonds is 5. The molecule has 0 aromatic heterocycles. The molecule has 3 aliphatic heterocycles. The molecule has 2 aromatic carbocycles. The molecule has 2 unspecified atom stereocenters. The van der Waals surface area contributed by atoms with E-state index >= 15 is 0 Å². The van der Waals surface area contributed by atoms with Crippen molar-refractivity contribution in [2.75, 3.05) is 31.7 Å². The van der Waals surface area contributed by atoms with Gasteiger partial charge in [0.2, 0.25) is 0 Å². The van der Waals surface area contributed by atoms with Gasteiger partial charge in [-0.1, -0.05) is 41.6 Å². The van der Waals surface area contributed by atoms with E-state index in [0.717, 1.165) is 59.9 Å². The van der Waals surface area contributed by atoms with Crippen molar-refractivity contribution < 1.29 is 14.7 Å². The lowest BCUT2D eigenvalue weighted by atomic mass is 9.95. The molecule has 0 amide bonds. The third kappa shape index (κ3) is 3.42. The van der Waals surface area contributed by atoms with Crippen molar-refractivity contribution in [3.63, 3.8) is 0 Å². The predicted molar refractivity (Wildman–Crippen MR) is 126 cm³/mol. The molecule has 1 N–H and O–H groups in total. The van der Waals surface area contributed by atoms with E-state index in [0.29, 0.717) is 0 Å². The standard InChI is InChI=1S/C25H28N4O3/c1-18-15-28(17-26-18)22-11-10-19(14-23(22)31-2)13-20-7-6-12-29-24(20)27-32-25(29,16-30)21-8-4-3-5-9-21/h3-5,8-11,13-14,17-18,30H,6-7,12,15-16H2,1-2H3/b20-13+. The van der Waals surface area contributed by atoms with Crippen molar-refractivity contribution in [1.29, 1.82) is 0 Å². The summed E-state index contributed by atoms with van der Waals surface area (Å²) >= 11 is 0. The average molecular weight is 433 g/mol. The Morgan fingerprint density at radius 2 is 2.09 bits per heavy atom. The molecule has 1 saturated heterocycles. The lowest BCUT2D eigenvalue weighted by Crippen LogP contribution is -2.51. The highest BCUT2D eigenvalue weighted by Gasteiger charge is 2.49. The van der Waals surface area contributed by atoms with Crippen molar-refractivity contribution in [2.45, 2.75) is 31.5 Å². The largest absolute Gasteiger partial charge is 0.495 e. The van der Waals surface area contributed by atoms with E-state index in [1.165, 1.54) is 0 Å². The van der Waals surface area contributed by atoms with Gasteiger partial charge in [0.05, 0.1) is 25.2 Å². The smallest absolute Gasteiger partial charge is 0.260 e. The number of aliphatic hydroxyl groups is 1. The summed E-state index contributed by atoms with van der Waals surface area (Å²) in [6.07, 6.45) is 5.87. The van der Waals surface area contributed by atoms with E-state index in [9.17, 15) is 5.11 Å². The van der Waals surface area contributed by atoms with E-state index < -0.39 is 5.72 Å². The number of benzene rings is 2. The molecule has 166 valence electrons. The Hall–Kier alpha value is -3.32. The zero-order valence-corrected chi connectivity index (χ0v) is 18.4. The number of aliphatic imine (C=N–C) groups is 1. The van der Waals surface area contributed by atoms with E-state index in [4.69, 9.17) is 9.57 Å². The molecule has 3 heterocycles. The molecule has 32 heavy (non-hydrogen) atoms. The normalized spacial score (nSPS) is 25.7. The zero-order chi connectivity index (χ0) is 22.1. The monoisotopic (exact) mass is 432 g/mol. The maximum atomic E-state index is 10.3. The zero-order valence-electron chi connectivity index (χ0n) is 18.4. The Kier molecular flexibility index (Phi) is 5.35. The SMILES string of the molecule is COc1cc(/C=C2\CCCN3C2=NOC3(CO)c2ccccc2)ccc1N1C=NC(C)C1. The number of hydrogen-bond donors (Lipinski definition) is 1. The number of amidine groups is 1. The van der Waals surface area contributed by atoms with Gasteiger partial charge >= 0.3 is 0 Å². The minimum absolute atomic E-state index is 0.171. The lowest BCUT2D eigenvalue weighted by molar-refractivity contribution is -0.137. The minimum Gasteiger partial charge on any atom is -0.495 e. The molecule has 7 nitrogen and oxygen atoms in total. The van der Waals surface area contributed by atoms with Crippen molar-refractivity contribution in [1.82, 2.24) is 4.90 Å². The van der Waals surface area contributed by atoms with E-state index in [1.54, 1.807) is 7.11 Å². The first-order valence-electron chi connectivity index (χ1n) is 11.0. The van der Waals surface area contributed by atoms with Gasteiger partial charge in [0.1, 0.15) is 12.4 Å². The summed E-state index contributed by atoms with van der Waals surface area (Å²) in [5.74, 6) is 1.60. The molecule has 0 radical (unpaired) electrons. The van der Waals surface area contributed by atoms with Gasteiger partial charge in [-0.2, -0.15) is 0 Å². The van der Waals surface area contributed by atoms with Crippen LogP contribution in [0.15, 0.2) is 64.3 Å². The summed E-state index contributed by atoms with van der Waals surface area (Å²) in [4.78, 5) is 14.6. The summed E-state index contributed by atoms with van der Waals surface area (Å²) in [5, 5.41) is 14.7. The molecular formula is C25H28N4O3. The molecule has 1 fully saturated rings. The number of aliphatic hydroxyl groups excluding tert-OH is 1. The number of methoxy groups -OCH3 is 1. The number of fused-ring (bicyclic) bond motifs is 1. The van der Waals surface area contributed by atoms with Crippen molar-refractivity contribution in [2.24, 2.45) is 10.1 Å². The van der Waals surface area contributed by atoms with Crippen molar-refractivity contribution in [3.05, 3.63) is 65.2 Å². The molecule has 7 heteroatoms. The van der Waals surface area contributed by atoms with E-state index in [1.807, 2.05) is 42.7 Å². The van der Waals surface area contributed by atoms with Crippen LogP contribution in [0.3, 0.4) is 0 Å². The quantitative estimate of drug-likeness (QED) is 0.782. The third-order valence-corrected chi connectivity index (χ3v) is 6.30. The first-order valence-corrected chi connectivity index (χ1v) is 11.0.